The molecule has 4 nitrogen and oxygen atoms in total. The summed E-state index contributed by atoms with van der Waals surface area (Å²) in [6.45, 7) is 0.418. The van der Waals surface area contributed by atoms with Crippen LogP contribution in [0.15, 0.2) is 48.5 Å². The minimum Gasteiger partial charge on any atom is -0.348 e. The molecule has 0 bridgehead atoms. The molecule has 20 heavy (non-hydrogen) atoms. The number of anilines is 1. The first-order valence-electron chi connectivity index (χ1n) is 6.02. The number of hydrogen-bond donors (Lipinski definition) is 2. The van der Waals surface area contributed by atoms with Crippen LogP contribution in [0.3, 0.4) is 0 Å². The van der Waals surface area contributed by atoms with Crippen molar-refractivity contribution in [3.05, 3.63) is 64.7 Å². The number of halogens is 1. The van der Waals surface area contributed by atoms with Crippen molar-refractivity contribution in [2.45, 2.75) is 6.54 Å². The van der Waals surface area contributed by atoms with Gasteiger partial charge in [-0.05, 0) is 23.8 Å². The van der Waals surface area contributed by atoms with Crippen molar-refractivity contribution < 1.29 is 9.59 Å². The van der Waals surface area contributed by atoms with E-state index in [1.165, 1.54) is 6.07 Å². The molecule has 0 radical (unpaired) electrons. The average Bonchev–Trinajstić information content (AvgIpc) is 2.48. The standard InChI is InChI=1S/C15H13ClN2O2/c16-14-7-6-12(18-10-19)8-13(14)15(20)17-9-11-4-2-1-3-5-11/h1-8,10H,9H2,(H,17,20)(H,18,19). The predicted octanol–water partition coefficient (Wildman–Crippen LogP) is 2.84. The van der Waals surface area contributed by atoms with Crippen LogP contribution in [0.5, 0.6) is 0 Å². The van der Waals surface area contributed by atoms with E-state index in [1.54, 1.807) is 12.1 Å². The highest BCUT2D eigenvalue weighted by Crippen LogP contribution is 2.20. The van der Waals surface area contributed by atoms with Crippen LogP contribution in [-0.4, -0.2) is 12.3 Å². The van der Waals surface area contributed by atoms with Gasteiger partial charge in [0, 0.05) is 12.2 Å². The molecule has 2 aromatic carbocycles. The fourth-order valence-electron chi connectivity index (χ4n) is 1.73. The molecule has 0 aromatic heterocycles. The van der Waals surface area contributed by atoms with Gasteiger partial charge in [-0.25, -0.2) is 0 Å². The molecule has 102 valence electrons. The van der Waals surface area contributed by atoms with Gasteiger partial charge >= 0.3 is 0 Å². The Hall–Kier alpha value is -2.33. The summed E-state index contributed by atoms with van der Waals surface area (Å²) in [6.07, 6.45) is 0.550. The van der Waals surface area contributed by atoms with Crippen LogP contribution in [0.25, 0.3) is 0 Å². The second-order valence-electron chi connectivity index (χ2n) is 4.13. The largest absolute Gasteiger partial charge is 0.348 e. The molecule has 0 heterocycles. The molecular weight excluding hydrogens is 276 g/mol. The Labute approximate surface area is 121 Å². The predicted molar refractivity (Wildman–Crippen MR) is 78.8 cm³/mol. The SMILES string of the molecule is O=CNc1ccc(Cl)c(C(=O)NCc2ccccc2)c1. The van der Waals surface area contributed by atoms with Gasteiger partial charge in [-0.15, -0.1) is 0 Å². The quantitative estimate of drug-likeness (QED) is 0.831. The van der Waals surface area contributed by atoms with Gasteiger partial charge in [0.1, 0.15) is 0 Å². The molecule has 0 aliphatic carbocycles. The molecule has 0 aliphatic heterocycles. The van der Waals surface area contributed by atoms with Crippen LogP contribution in [0.1, 0.15) is 15.9 Å². The minimum absolute atomic E-state index is 0.284. The van der Waals surface area contributed by atoms with Gasteiger partial charge in [-0.1, -0.05) is 41.9 Å². The van der Waals surface area contributed by atoms with Crippen LogP contribution in [0, 0.1) is 0 Å². The summed E-state index contributed by atoms with van der Waals surface area (Å²) in [5.74, 6) is -0.284. The van der Waals surface area contributed by atoms with Gasteiger partial charge < -0.3 is 10.6 Å². The zero-order valence-electron chi connectivity index (χ0n) is 10.6. The van der Waals surface area contributed by atoms with Crippen molar-refractivity contribution in [2.24, 2.45) is 0 Å². The van der Waals surface area contributed by atoms with Crippen LogP contribution >= 0.6 is 11.6 Å². The smallest absolute Gasteiger partial charge is 0.253 e. The number of carbonyl (C=O) groups excluding carboxylic acids is 2. The normalized spacial score (nSPS) is 9.85. The Morgan fingerprint density at radius 1 is 1.15 bits per heavy atom. The Morgan fingerprint density at radius 2 is 1.90 bits per heavy atom. The summed E-state index contributed by atoms with van der Waals surface area (Å²) in [6, 6.07) is 14.3. The summed E-state index contributed by atoms with van der Waals surface area (Å²) in [5.41, 5.74) is 1.85. The van der Waals surface area contributed by atoms with E-state index in [0.29, 0.717) is 29.2 Å². The summed E-state index contributed by atoms with van der Waals surface area (Å²) in [7, 11) is 0. The monoisotopic (exact) mass is 288 g/mol. The summed E-state index contributed by atoms with van der Waals surface area (Å²) in [5, 5.41) is 5.61. The lowest BCUT2D eigenvalue weighted by Gasteiger charge is -2.08. The zero-order chi connectivity index (χ0) is 14.4. The molecule has 5 heteroatoms. The lowest BCUT2D eigenvalue weighted by molar-refractivity contribution is -0.105. The summed E-state index contributed by atoms with van der Waals surface area (Å²) < 4.78 is 0. The van der Waals surface area contributed by atoms with Gasteiger partial charge in [0.05, 0.1) is 10.6 Å². The molecule has 0 atom stereocenters. The highest BCUT2D eigenvalue weighted by Gasteiger charge is 2.10. The van der Waals surface area contributed by atoms with E-state index in [-0.39, 0.29) is 5.91 Å². The number of carbonyl (C=O) groups is 2. The number of hydrogen-bond acceptors (Lipinski definition) is 2. The molecule has 2 rings (SSSR count). The van der Waals surface area contributed by atoms with Crippen molar-refractivity contribution in [3.63, 3.8) is 0 Å². The van der Waals surface area contributed by atoms with Gasteiger partial charge in [0.25, 0.3) is 5.91 Å². The van der Waals surface area contributed by atoms with Gasteiger partial charge in [-0.2, -0.15) is 0 Å². The van der Waals surface area contributed by atoms with E-state index in [2.05, 4.69) is 10.6 Å². The van der Waals surface area contributed by atoms with E-state index in [1.807, 2.05) is 30.3 Å². The third-order valence-electron chi connectivity index (χ3n) is 2.73. The van der Waals surface area contributed by atoms with Crippen molar-refractivity contribution in [1.29, 1.82) is 0 Å². The van der Waals surface area contributed by atoms with Gasteiger partial charge in [0.2, 0.25) is 6.41 Å². The lowest BCUT2D eigenvalue weighted by atomic mass is 10.1. The Morgan fingerprint density at radius 3 is 2.60 bits per heavy atom. The maximum absolute atomic E-state index is 12.1. The molecule has 2 N–H and O–H groups in total. The maximum atomic E-state index is 12.1. The van der Waals surface area contributed by atoms with E-state index in [0.717, 1.165) is 5.56 Å². The number of amides is 2. The number of nitrogens with one attached hydrogen (secondary N) is 2. The molecule has 0 saturated heterocycles. The van der Waals surface area contributed by atoms with Crippen LogP contribution in [0.4, 0.5) is 5.69 Å². The molecule has 0 saturated carbocycles. The first kappa shape index (κ1) is 14.1. The topological polar surface area (TPSA) is 58.2 Å². The highest BCUT2D eigenvalue weighted by molar-refractivity contribution is 6.34. The van der Waals surface area contributed by atoms with Crippen molar-refractivity contribution >= 4 is 29.6 Å². The number of benzene rings is 2. The summed E-state index contributed by atoms with van der Waals surface area (Å²) >= 11 is 6.00. The average molecular weight is 289 g/mol. The molecule has 0 unspecified atom stereocenters. The van der Waals surface area contributed by atoms with E-state index >= 15 is 0 Å². The Bertz CT molecular complexity index is 615. The number of rotatable bonds is 5. The Kier molecular flexibility index (Phi) is 4.74. The molecule has 2 aromatic rings. The molecular formula is C15H13ClN2O2. The van der Waals surface area contributed by atoms with Crippen LogP contribution < -0.4 is 10.6 Å². The fraction of sp³-hybridized carbons (Fsp3) is 0.0667. The van der Waals surface area contributed by atoms with E-state index in [9.17, 15) is 9.59 Å². The van der Waals surface area contributed by atoms with Gasteiger partial charge in [0.15, 0.2) is 0 Å². The van der Waals surface area contributed by atoms with Crippen LogP contribution in [0.2, 0.25) is 5.02 Å². The minimum atomic E-state index is -0.284. The second-order valence-corrected chi connectivity index (χ2v) is 4.53. The first-order chi connectivity index (χ1) is 9.70. The molecule has 0 aliphatic rings. The highest BCUT2D eigenvalue weighted by atomic mass is 35.5. The van der Waals surface area contributed by atoms with E-state index < -0.39 is 0 Å². The maximum Gasteiger partial charge on any atom is 0.253 e. The second kappa shape index (κ2) is 6.73. The van der Waals surface area contributed by atoms with Crippen LogP contribution in [-0.2, 0) is 11.3 Å². The van der Waals surface area contributed by atoms with Gasteiger partial charge in [-0.3, -0.25) is 9.59 Å². The molecule has 0 spiro atoms. The third kappa shape index (κ3) is 3.59. The molecule has 2 amide bonds. The zero-order valence-corrected chi connectivity index (χ0v) is 11.4. The summed E-state index contributed by atoms with van der Waals surface area (Å²) in [4.78, 5) is 22.5. The fourth-order valence-corrected chi connectivity index (χ4v) is 1.93. The third-order valence-corrected chi connectivity index (χ3v) is 3.06. The first-order valence-corrected chi connectivity index (χ1v) is 6.40. The lowest BCUT2D eigenvalue weighted by Crippen LogP contribution is -2.23. The molecule has 0 fully saturated rings. The van der Waals surface area contributed by atoms with E-state index in [4.69, 9.17) is 11.6 Å². The van der Waals surface area contributed by atoms with Crippen molar-refractivity contribution in [3.8, 4) is 0 Å². The van der Waals surface area contributed by atoms with Crippen molar-refractivity contribution in [1.82, 2.24) is 5.32 Å². The Balaban J connectivity index is 2.08. The van der Waals surface area contributed by atoms with Crippen molar-refractivity contribution in [2.75, 3.05) is 5.32 Å².